The molecule has 342 valence electrons. The molecule has 1 aromatic heterocycles. The van der Waals surface area contributed by atoms with E-state index in [9.17, 15) is 0 Å². The van der Waals surface area contributed by atoms with E-state index < -0.39 is 217 Å². The van der Waals surface area contributed by atoms with Crippen molar-refractivity contribution in [3.8, 4) is 11.3 Å². The molecule has 3 rings (SSSR count). The summed E-state index contributed by atoms with van der Waals surface area (Å²) < 4.78 is 12.2. The van der Waals surface area contributed by atoms with Crippen molar-refractivity contribution < 1.29 is 9.31 Å². The normalized spacial score (nSPS) is 12.3. The Labute approximate surface area is 641 Å². The minimum Gasteiger partial charge on any atom is -0.399 e. The lowest BCUT2D eigenvalue weighted by atomic mass is 8.21. The van der Waals surface area contributed by atoms with Crippen molar-refractivity contribution in [1.82, 2.24) is 4.98 Å². The maximum atomic E-state index is 6.84. The van der Waals surface area contributed by atoms with Crippen molar-refractivity contribution in [2.24, 2.45) is 0 Å². The highest BCUT2D eigenvalue weighted by Crippen LogP contribution is 2.37. The third kappa shape index (κ3) is 24.7. The second-order valence-corrected chi connectivity index (χ2v) is 28.5. The van der Waals surface area contributed by atoms with E-state index in [0.29, 0.717) is 0 Å². The predicted octanol–water partition coefficient (Wildman–Crippen LogP) is -22.3. The first kappa shape index (κ1) is 94.0. The van der Waals surface area contributed by atoms with Gasteiger partial charge in [-0.25, -0.2) is 0 Å². The summed E-state index contributed by atoms with van der Waals surface area (Å²) in [5.41, 5.74) is 3.89. The van der Waals surface area contributed by atoms with E-state index in [1.165, 1.54) is 5.56 Å². The zero-order chi connectivity index (χ0) is 74.1. The summed E-state index contributed by atoms with van der Waals surface area (Å²) in [6.45, 7) is 14.9. The Hall–Kier alpha value is 2.90. The molecule has 0 amide bonds. The van der Waals surface area contributed by atoms with Gasteiger partial charge < -0.3 is 9.31 Å². The summed E-state index contributed by atoms with van der Waals surface area (Å²) >= 11 is 0. The topological polar surface area (TPSA) is 31.4 Å². The monoisotopic (exact) mass is 1110 g/mol. The van der Waals surface area contributed by atoms with E-state index in [0.717, 1.165) is 16.7 Å². The van der Waals surface area contributed by atoms with E-state index in [4.69, 9.17) is 288 Å². The molecule has 1 aliphatic heterocycles. The van der Waals surface area contributed by atoms with Crippen LogP contribution >= 0.6 is 0 Å². The Morgan fingerprint density at radius 1 is 0.284 bits per heavy atom. The highest BCUT2D eigenvalue weighted by atomic mass is 16.7. The van der Waals surface area contributed by atoms with Gasteiger partial charge in [0, 0.05) is 507 Å². The lowest BCUT2D eigenvalue weighted by Crippen LogP contribution is -2.98. The molecule has 2 aromatic rings. The van der Waals surface area contributed by atoms with Crippen LogP contribution in [0.15, 0.2) is 42.6 Å². The van der Waals surface area contributed by atoms with Gasteiger partial charge in [-0.2, -0.15) is 0 Å². The van der Waals surface area contributed by atoms with Gasteiger partial charge in [-0.05, 0) is 56.3 Å². The van der Waals surface area contributed by atoms with E-state index in [1.807, 2.05) is 6.20 Å². The number of nitrogens with zero attached hydrogens (tertiary/aromatic N) is 1. The van der Waals surface area contributed by atoms with Crippen LogP contribution in [-0.2, 0) is 14.7 Å². The molecule has 0 saturated carbocycles. The molecule has 0 aliphatic carbocycles. The van der Waals surface area contributed by atoms with Gasteiger partial charge in [0.25, 0.3) is 0 Å². The average molecular weight is 1090 g/mol. The standard InChI is InChI=1S/C21H28BNO2.B70/c1-19(2,3)16-12-13-23-18(14-16)15-8-10-17(11-9-15)22-24-20(4,5)21(6,7)25-22;1-37(2)55(38(3)4)64(56(39(5)6)40(7)8)68(63(53(33)34)54(35)36)70(67(61(49(25)26)50(27)28)62(51(29)30)52(31)32)69(65(57(41(9)10)42(11)12)58(43(13)14)44(15)16)66(59(45(17)18)46(19)20)60(47(21)22)48(23)24/h8-14H,1-7H3;. The number of hydrogen-bond donors (Lipinski definition) is 0. The highest BCUT2D eigenvalue weighted by Gasteiger charge is 2.65. The largest absolute Gasteiger partial charge is 0.494 e. The van der Waals surface area contributed by atoms with Crippen LogP contribution in [-0.4, -0.2) is 519 Å². The second-order valence-electron chi connectivity index (χ2n) is 28.5. The average Bonchev–Trinajstić information content (AvgIpc) is 1.28. The maximum absolute atomic E-state index is 6.84. The Bertz CT molecular complexity index is 2270. The van der Waals surface area contributed by atoms with Crippen molar-refractivity contribution in [3.05, 3.63) is 48.2 Å². The van der Waals surface area contributed by atoms with Gasteiger partial charge >= 0.3 is 7.12 Å². The first-order valence-corrected chi connectivity index (χ1v) is 31.9. The van der Waals surface area contributed by atoms with Gasteiger partial charge in [-0.1, -0.05) is 45.0 Å². The van der Waals surface area contributed by atoms with Crippen LogP contribution in [0.2, 0.25) is 0 Å². The third-order valence-corrected chi connectivity index (χ3v) is 20.0. The summed E-state index contributed by atoms with van der Waals surface area (Å²) in [5.74, 6) is 0. The van der Waals surface area contributed by atoms with E-state index >= 15 is 0 Å². The van der Waals surface area contributed by atoms with Gasteiger partial charge in [-0.15, -0.1) is 0 Å². The maximum Gasteiger partial charge on any atom is 0.494 e. The molecular formula is C21H28B71NO2. The summed E-state index contributed by atoms with van der Waals surface area (Å²) in [4.78, 5) is 4.53. The Morgan fingerprint density at radius 2 is 0.463 bits per heavy atom. The predicted molar refractivity (Wildman–Crippen MR) is 507 cm³/mol. The SMILES string of the molecule is CC(C)(C)c1ccnc(-c2ccc(B3OC(C)(C)C(C)(C)O3)cc2)c1.[B]B([B])B(B([B])[B])B(B(B([B])[B])B([B])[B])B(B(B([B])[B])B([B])[B])B(B(B(B([B])[B])B([B])[B])B(B([B])[B])B([B])[B])B(B(B(B([B])[B])B([B])[B])B(B([B])[B])B([B])[B])B(B(B([B])[B])B([B])[B])B(B([B])[B])B([B])[B]. The summed E-state index contributed by atoms with van der Waals surface area (Å²) in [6, 6.07) is 12.6. The summed E-state index contributed by atoms with van der Waals surface area (Å²) in [7, 11) is 242. The quantitative estimate of drug-likeness (QED) is 0.0645. The number of rotatable bonds is 35. The van der Waals surface area contributed by atoms with Crippen LogP contribution in [0.25, 0.3) is 11.3 Å². The Kier molecular flexibility index (Phi) is 40.3. The molecule has 1 aromatic carbocycles. The Balaban J connectivity index is 0.00000101. The molecule has 3 nitrogen and oxygen atoms in total. The lowest BCUT2D eigenvalue weighted by Gasteiger charge is -2.60. The van der Waals surface area contributed by atoms with Crippen molar-refractivity contribution >= 4 is 508 Å². The third-order valence-electron chi connectivity index (χ3n) is 20.0. The second kappa shape index (κ2) is 40.7. The molecule has 1 fully saturated rings. The molecule has 1 aliphatic rings. The zero-order valence-corrected chi connectivity index (χ0v) is 56.8. The number of pyridine rings is 1. The van der Waals surface area contributed by atoms with Crippen LogP contribution in [0.5, 0.6) is 0 Å². The fourth-order valence-corrected chi connectivity index (χ4v) is 15.2. The first-order chi connectivity index (χ1) is 43.3. The minimum absolute atomic E-state index is 0.111. The van der Waals surface area contributed by atoms with Crippen LogP contribution in [0.3, 0.4) is 0 Å². The van der Waals surface area contributed by atoms with E-state index in [-0.39, 0.29) is 23.7 Å². The fourth-order valence-electron chi connectivity index (χ4n) is 15.2. The van der Waals surface area contributed by atoms with Crippen LogP contribution < -0.4 is 5.46 Å². The van der Waals surface area contributed by atoms with Crippen molar-refractivity contribution in [2.45, 2.75) is 65.1 Å². The molecule has 0 bridgehead atoms. The van der Waals surface area contributed by atoms with Crippen molar-refractivity contribution in [2.75, 3.05) is 0 Å². The lowest BCUT2D eigenvalue weighted by molar-refractivity contribution is 0.00578. The molecular weight excluding hydrogens is 1070 g/mol. The van der Waals surface area contributed by atoms with Crippen LogP contribution in [0, 0.1) is 0 Å². The summed E-state index contributed by atoms with van der Waals surface area (Å²) in [5, 5.41) is 0. The van der Waals surface area contributed by atoms with Gasteiger partial charge in [0.1, 0.15) is 0 Å². The van der Waals surface area contributed by atoms with Gasteiger partial charge in [0.05, 0.1) is 16.9 Å². The molecule has 2 heterocycles. The molecule has 1 saturated heterocycles. The van der Waals surface area contributed by atoms with Crippen molar-refractivity contribution in [1.29, 1.82) is 0 Å². The zero-order valence-electron chi connectivity index (χ0n) is 56.8. The molecule has 0 N–H and O–H groups in total. The molecule has 0 spiro atoms. The molecule has 72 radical (unpaired) electrons. The fraction of sp³-hybridized carbons (Fsp3) is 0.476. The summed E-state index contributed by atoms with van der Waals surface area (Å²) in [6.07, 6.45) is -51.1. The number of benzene rings is 1. The molecule has 0 unspecified atom stereocenters. The number of aromatic nitrogens is 1. The molecule has 95 heavy (non-hydrogen) atoms. The van der Waals surface area contributed by atoms with Gasteiger partial charge in [0.2, 0.25) is 0 Å². The van der Waals surface area contributed by atoms with Crippen LogP contribution in [0.1, 0.15) is 54.0 Å². The van der Waals surface area contributed by atoms with E-state index in [1.54, 1.807) is 0 Å². The van der Waals surface area contributed by atoms with Gasteiger partial charge in [0.15, 0.2) is 0 Å². The minimum atomic E-state index is -1.72. The van der Waals surface area contributed by atoms with Gasteiger partial charge in [-0.3, -0.25) is 4.98 Å². The molecule has 0 atom stereocenters. The van der Waals surface area contributed by atoms with E-state index in [2.05, 4.69) is 89.8 Å². The van der Waals surface area contributed by atoms with Crippen molar-refractivity contribution in [3.63, 3.8) is 0 Å². The first-order valence-electron chi connectivity index (χ1n) is 31.9. The number of hydrogen-bond acceptors (Lipinski definition) is 3. The smallest absolute Gasteiger partial charge is 0.399 e. The Morgan fingerprint density at radius 3 is 0.642 bits per heavy atom. The molecule has 74 heteroatoms. The van der Waals surface area contributed by atoms with Crippen LogP contribution in [0.4, 0.5) is 0 Å². The highest BCUT2D eigenvalue weighted by molar-refractivity contribution is 8.40.